The Kier molecular flexibility index (Phi) is 3.76. The fraction of sp³-hybridized carbons (Fsp3) is 0.429. The summed E-state index contributed by atoms with van der Waals surface area (Å²) in [4.78, 5) is 23.4. The fourth-order valence-electron chi connectivity index (χ4n) is 2.30. The van der Waals surface area contributed by atoms with E-state index in [4.69, 9.17) is 5.73 Å². The summed E-state index contributed by atoms with van der Waals surface area (Å²) in [7, 11) is 0. The van der Waals surface area contributed by atoms with Gasteiger partial charge in [-0.25, -0.2) is 4.39 Å². The lowest BCUT2D eigenvalue weighted by Gasteiger charge is -2.23. The molecule has 108 valence electrons. The molecule has 0 aliphatic carbocycles. The average Bonchev–Trinajstić information content (AvgIpc) is 2.82. The zero-order valence-corrected chi connectivity index (χ0v) is 11.5. The van der Waals surface area contributed by atoms with Gasteiger partial charge in [-0.15, -0.1) is 0 Å². The summed E-state index contributed by atoms with van der Waals surface area (Å²) in [5, 5.41) is 5.81. The Bertz CT molecular complexity index is 566. The molecule has 1 saturated heterocycles. The maximum atomic E-state index is 13.7. The maximum Gasteiger partial charge on any atom is 0.248 e. The monoisotopic (exact) mass is 279 g/mol. The second kappa shape index (κ2) is 5.20. The van der Waals surface area contributed by atoms with Gasteiger partial charge in [0.15, 0.2) is 0 Å². The smallest absolute Gasteiger partial charge is 0.248 e. The van der Waals surface area contributed by atoms with Gasteiger partial charge in [0.1, 0.15) is 5.82 Å². The molecular formula is C14H18FN3O2. The number of nitrogens with one attached hydrogen (secondary N) is 2. The third-order valence-electron chi connectivity index (χ3n) is 3.75. The van der Waals surface area contributed by atoms with Gasteiger partial charge in [0.05, 0.1) is 5.54 Å². The van der Waals surface area contributed by atoms with Crippen molar-refractivity contribution in [2.45, 2.75) is 32.2 Å². The van der Waals surface area contributed by atoms with Crippen LogP contribution in [0.15, 0.2) is 12.1 Å². The average molecular weight is 279 g/mol. The molecule has 4 N–H and O–H groups in total. The number of nitrogens with two attached hydrogens (primary N) is 1. The molecule has 1 aromatic carbocycles. The van der Waals surface area contributed by atoms with Gasteiger partial charge in [-0.2, -0.15) is 0 Å². The number of halogens is 1. The van der Waals surface area contributed by atoms with Gasteiger partial charge in [0.25, 0.3) is 0 Å². The molecule has 1 fully saturated rings. The molecule has 2 rings (SSSR count). The van der Waals surface area contributed by atoms with E-state index in [2.05, 4.69) is 10.6 Å². The fourth-order valence-corrected chi connectivity index (χ4v) is 2.30. The van der Waals surface area contributed by atoms with E-state index < -0.39 is 17.3 Å². The lowest BCUT2D eigenvalue weighted by Crippen LogP contribution is -2.48. The number of anilines is 1. The standard InChI is InChI=1S/C14H18FN3O2/c1-8-10(15)6-9(12(16)19)7-11(8)18-13(20)14(2)4-3-5-17-14/h6-7,17H,3-5H2,1-2H3,(H2,16,19)(H,18,20). The predicted octanol–water partition coefficient (Wildman–Crippen LogP) is 1.31. The second-order valence-electron chi connectivity index (χ2n) is 5.31. The second-order valence-corrected chi connectivity index (χ2v) is 5.31. The van der Waals surface area contributed by atoms with Crippen LogP contribution >= 0.6 is 0 Å². The molecule has 1 heterocycles. The number of benzene rings is 1. The molecule has 0 aromatic heterocycles. The van der Waals surface area contributed by atoms with E-state index in [0.717, 1.165) is 25.5 Å². The van der Waals surface area contributed by atoms with Gasteiger partial charge in [-0.1, -0.05) is 0 Å². The van der Waals surface area contributed by atoms with Crippen LogP contribution in [0.4, 0.5) is 10.1 Å². The van der Waals surface area contributed by atoms with Crippen molar-refractivity contribution in [2.75, 3.05) is 11.9 Å². The highest BCUT2D eigenvalue weighted by molar-refractivity contribution is 6.00. The van der Waals surface area contributed by atoms with E-state index in [1.54, 1.807) is 13.8 Å². The van der Waals surface area contributed by atoms with Crippen molar-refractivity contribution in [3.8, 4) is 0 Å². The number of primary amides is 1. The van der Waals surface area contributed by atoms with Gasteiger partial charge < -0.3 is 16.4 Å². The van der Waals surface area contributed by atoms with Crippen molar-refractivity contribution in [3.63, 3.8) is 0 Å². The minimum atomic E-state index is -0.732. The van der Waals surface area contributed by atoms with E-state index in [9.17, 15) is 14.0 Å². The molecule has 1 aliphatic rings. The van der Waals surface area contributed by atoms with Crippen LogP contribution in [0, 0.1) is 12.7 Å². The first-order valence-electron chi connectivity index (χ1n) is 6.50. The van der Waals surface area contributed by atoms with E-state index in [-0.39, 0.29) is 22.7 Å². The van der Waals surface area contributed by atoms with Crippen LogP contribution in [-0.4, -0.2) is 23.9 Å². The van der Waals surface area contributed by atoms with Crippen molar-refractivity contribution < 1.29 is 14.0 Å². The molecule has 6 heteroatoms. The van der Waals surface area contributed by atoms with Crippen LogP contribution in [-0.2, 0) is 4.79 Å². The summed E-state index contributed by atoms with van der Waals surface area (Å²) in [6.07, 6.45) is 1.63. The Morgan fingerprint density at radius 1 is 1.45 bits per heavy atom. The molecule has 1 aliphatic heterocycles. The van der Waals surface area contributed by atoms with E-state index in [1.807, 2.05) is 0 Å². The molecular weight excluding hydrogens is 261 g/mol. The number of amides is 2. The molecule has 0 bridgehead atoms. The van der Waals surface area contributed by atoms with Gasteiger partial charge >= 0.3 is 0 Å². The topological polar surface area (TPSA) is 84.2 Å². The van der Waals surface area contributed by atoms with Crippen LogP contribution in [0.3, 0.4) is 0 Å². The van der Waals surface area contributed by atoms with Gasteiger partial charge in [0.2, 0.25) is 11.8 Å². The largest absolute Gasteiger partial charge is 0.366 e. The summed E-state index contributed by atoms with van der Waals surface area (Å²) >= 11 is 0. The van der Waals surface area contributed by atoms with Crippen molar-refractivity contribution in [2.24, 2.45) is 5.73 Å². The van der Waals surface area contributed by atoms with Crippen LogP contribution in [0.2, 0.25) is 0 Å². The lowest BCUT2D eigenvalue weighted by molar-refractivity contribution is -0.121. The highest BCUT2D eigenvalue weighted by Gasteiger charge is 2.36. The van der Waals surface area contributed by atoms with E-state index in [1.165, 1.54) is 6.07 Å². The Morgan fingerprint density at radius 3 is 2.70 bits per heavy atom. The number of carbonyl (C=O) groups excluding carboxylic acids is 2. The molecule has 1 aromatic rings. The Labute approximate surface area is 116 Å². The number of hydrogen-bond acceptors (Lipinski definition) is 3. The molecule has 1 unspecified atom stereocenters. The highest BCUT2D eigenvalue weighted by Crippen LogP contribution is 2.24. The summed E-state index contributed by atoms with van der Waals surface area (Å²) in [5.74, 6) is -1.54. The van der Waals surface area contributed by atoms with Gasteiger partial charge in [0, 0.05) is 16.8 Å². The van der Waals surface area contributed by atoms with Crippen molar-refractivity contribution in [1.82, 2.24) is 5.32 Å². The van der Waals surface area contributed by atoms with E-state index in [0.29, 0.717) is 0 Å². The van der Waals surface area contributed by atoms with Crippen molar-refractivity contribution >= 4 is 17.5 Å². The van der Waals surface area contributed by atoms with Crippen molar-refractivity contribution in [3.05, 3.63) is 29.1 Å². The Hall–Kier alpha value is -1.95. The zero-order chi connectivity index (χ0) is 14.9. The third kappa shape index (κ3) is 2.65. The number of rotatable bonds is 3. The maximum absolute atomic E-state index is 13.7. The number of hydrogen-bond donors (Lipinski definition) is 3. The van der Waals surface area contributed by atoms with Crippen molar-refractivity contribution in [1.29, 1.82) is 0 Å². The van der Waals surface area contributed by atoms with Crippen LogP contribution in [0.1, 0.15) is 35.7 Å². The number of carbonyl (C=O) groups is 2. The molecule has 1 atom stereocenters. The third-order valence-corrected chi connectivity index (χ3v) is 3.75. The summed E-state index contributed by atoms with van der Waals surface area (Å²) < 4.78 is 13.7. The zero-order valence-electron chi connectivity index (χ0n) is 11.5. The predicted molar refractivity (Wildman–Crippen MR) is 73.9 cm³/mol. The Morgan fingerprint density at radius 2 is 2.15 bits per heavy atom. The first kappa shape index (κ1) is 14.5. The van der Waals surface area contributed by atoms with Crippen LogP contribution in [0.5, 0.6) is 0 Å². The van der Waals surface area contributed by atoms with Crippen LogP contribution in [0.25, 0.3) is 0 Å². The SMILES string of the molecule is Cc1c(F)cc(C(N)=O)cc1NC(=O)C1(C)CCCN1. The first-order valence-corrected chi connectivity index (χ1v) is 6.50. The molecule has 0 spiro atoms. The van der Waals surface area contributed by atoms with Crippen LogP contribution < -0.4 is 16.4 Å². The van der Waals surface area contributed by atoms with E-state index >= 15 is 0 Å². The molecule has 0 radical (unpaired) electrons. The lowest BCUT2D eigenvalue weighted by atomic mass is 9.98. The minimum Gasteiger partial charge on any atom is -0.366 e. The highest BCUT2D eigenvalue weighted by atomic mass is 19.1. The first-order chi connectivity index (χ1) is 9.33. The summed E-state index contributed by atoms with van der Waals surface area (Å²) in [6.45, 7) is 4.12. The summed E-state index contributed by atoms with van der Waals surface area (Å²) in [6, 6.07) is 2.47. The summed E-state index contributed by atoms with van der Waals surface area (Å²) in [5.41, 5.74) is 5.08. The molecule has 5 nitrogen and oxygen atoms in total. The minimum absolute atomic E-state index is 0.0351. The van der Waals surface area contributed by atoms with Gasteiger partial charge in [-0.3, -0.25) is 9.59 Å². The molecule has 2 amide bonds. The normalized spacial score (nSPS) is 21.8. The van der Waals surface area contributed by atoms with Gasteiger partial charge in [-0.05, 0) is 45.4 Å². The Balaban J connectivity index is 2.29. The molecule has 20 heavy (non-hydrogen) atoms. The quantitative estimate of drug-likeness (QED) is 0.780. The molecule has 0 saturated carbocycles.